The number of hydrogen-bond donors (Lipinski definition) is 0. The minimum absolute atomic E-state index is 0.386. The second-order valence-electron chi connectivity index (χ2n) is 5.24. The highest BCUT2D eigenvalue weighted by Gasteiger charge is 2.17. The Morgan fingerprint density at radius 2 is 1.59 bits per heavy atom. The lowest BCUT2D eigenvalue weighted by molar-refractivity contribution is 0.744. The smallest absolute Gasteiger partial charge is 0.131 e. The van der Waals surface area contributed by atoms with E-state index in [1.165, 1.54) is 20.8 Å². The molecule has 2 nitrogen and oxygen atoms in total. The Balaban J connectivity index is 2.81. The van der Waals surface area contributed by atoms with Gasteiger partial charge in [0.25, 0.3) is 0 Å². The number of aromatic nitrogens is 2. The van der Waals surface area contributed by atoms with Crippen LogP contribution in [0.5, 0.6) is 0 Å². The van der Waals surface area contributed by atoms with Crippen LogP contribution in [0.25, 0.3) is 10.2 Å². The summed E-state index contributed by atoms with van der Waals surface area (Å²) in [4.78, 5) is 10.8. The number of fused-ring (bicyclic) bond motifs is 1. The zero-order valence-corrected chi connectivity index (χ0v) is 12.3. The molecule has 0 amide bonds. The third-order valence-electron chi connectivity index (χ3n) is 3.11. The molecule has 0 atom stereocenters. The van der Waals surface area contributed by atoms with Crippen molar-refractivity contribution in [3.63, 3.8) is 0 Å². The van der Waals surface area contributed by atoms with Crippen LogP contribution in [-0.4, -0.2) is 9.97 Å². The largest absolute Gasteiger partial charge is 0.236 e. The minimum Gasteiger partial charge on any atom is -0.236 e. The van der Waals surface area contributed by atoms with Gasteiger partial charge in [0.05, 0.1) is 15.9 Å². The Kier molecular flexibility index (Phi) is 3.21. The van der Waals surface area contributed by atoms with Gasteiger partial charge >= 0.3 is 0 Å². The van der Waals surface area contributed by atoms with E-state index >= 15 is 0 Å². The molecule has 0 fully saturated rings. The van der Waals surface area contributed by atoms with Crippen LogP contribution in [0.3, 0.4) is 0 Å². The third kappa shape index (κ3) is 2.08. The van der Waals surface area contributed by atoms with Crippen LogP contribution < -0.4 is 0 Å². The van der Waals surface area contributed by atoms with Gasteiger partial charge in [-0.3, -0.25) is 0 Å². The fourth-order valence-electron chi connectivity index (χ4n) is 1.89. The molecule has 17 heavy (non-hydrogen) atoms. The van der Waals surface area contributed by atoms with Gasteiger partial charge in [0.1, 0.15) is 5.82 Å². The van der Waals surface area contributed by atoms with Crippen molar-refractivity contribution in [2.75, 3.05) is 0 Å². The average molecular weight is 248 g/mol. The molecule has 3 heteroatoms. The molecule has 92 valence electrons. The van der Waals surface area contributed by atoms with Crippen LogP contribution in [0, 0.1) is 13.8 Å². The highest BCUT2D eigenvalue weighted by molar-refractivity contribution is 7.19. The van der Waals surface area contributed by atoms with E-state index in [0.717, 1.165) is 11.3 Å². The maximum Gasteiger partial charge on any atom is 0.131 e. The van der Waals surface area contributed by atoms with E-state index < -0.39 is 0 Å². The Labute approximate surface area is 107 Å². The van der Waals surface area contributed by atoms with E-state index in [0.29, 0.717) is 11.8 Å². The molecule has 0 aromatic carbocycles. The van der Waals surface area contributed by atoms with Gasteiger partial charge in [-0.05, 0) is 25.3 Å². The summed E-state index contributed by atoms with van der Waals surface area (Å²) in [7, 11) is 0. The van der Waals surface area contributed by atoms with Crippen LogP contribution in [0.4, 0.5) is 0 Å². The second kappa shape index (κ2) is 4.37. The molecule has 0 aliphatic heterocycles. The van der Waals surface area contributed by atoms with Crippen molar-refractivity contribution in [1.82, 2.24) is 9.97 Å². The van der Waals surface area contributed by atoms with Gasteiger partial charge in [-0.25, -0.2) is 9.97 Å². The van der Waals surface area contributed by atoms with E-state index in [-0.39, 0.29) is 0 Å². The predicted molar refractivity (Wildman–Crippen MR) is 75.1 cm³/mol. The first kappa shape index (κ1) is 12.5. The predicted octanol–water partition coefficient (Wildman–Crippen LogP) is 4.55. The van der Waals surface area contributed by atoms with Crippen molar-refractivity contribution < 1.29 is 0 Å². The summed E-state index contributed by atoms with van der Waals surface area (Å²) in [5.41, 5.74) is 3.69. The number of hydrogen-bond acceptors (Lipinski definition) is 3. The summed E-state index contributed by atoms with van der Waals surface area (Å²) >= 11 is 1.83. The van der Waals surface area contributed by atoms with Crippen LogP contribution in [-0.2, 0) is 0 Å². The summed E-state index contributed by atoms with van der Waals surface area (Å²) in [5.74, 6) is 1.81. The van der Waals surface area contributed by atoms with Crippen LogP contribution in [0.1, 0.15) is 61.5 Å². The van der Waals surface area contributed by atoms with Gasteiger partial charge in [0.15, 0.2) is 0 Å². The minimum atomic E-state index is 0.386. The molecule has 2 heterocycles. The van der Waals surface area contributed by atoms with Crippen molar-refractivity contribution in [2.45, 2.75) is 53.4 Å². The molecule has 2 rings (SSSR count). The SMILES string of the molecule is Cc1sc2c(C(C)C)nc(C(C)C)nc2c1C. The first-order valence-electron chi connectivity index (χ1n) is 6.19. The summed E-state index contributed by atoms with van der Waals surface area (Å²) in [6.07, 6.45) is 0. The molecule has 0 N–H and O–H groups in total. The molecule has 0 saturated carbocycles. The number of nitrogens with zero attached hydrogens (tertiary/aromatic N) is 2. The van der Waals surface area contributed by atoms with Crippen LogP contribution >= 0.6 is 11.3 Å². The van der Waals surface area contributed by atoms with Crippen molar-refractivity contribution in [3.05, 3.63) is 22.0 Å². The van der Waals surface area contributed by atoms with E-state index in [4.69, 9.17) is 9.97 Å². The molecule has 2 aromatic rings. The zero-order valence-electron chi connectivity index (χ0n) is 11.5. The summed E-state index contributed by atoms with van der Waals surface area (Å²) in [6, 6.07) is 0. The van der Waals surface area contributed by atoms with Crippen molar-refractivity contribution in [2.24, 2.45) is 0 Å². The molecular formula is C14H20N2S. The quantitative estimate of drug-likeness (QED) is 0.779. The third-order valence-corrected chi connectivity index (χ3v) is 4.33. The summed E-state index contributed by atoms with van der Waals surface area (Å²) in [6.45, 7) is 13.0. The normalized spacial score (nSPS) is 12.0. The number of aryl methyl sites for hydroxylation is 2. The highest BCUT2D eigenvalue weighted by Crippen LogP contribution is 2.34. The average Bonchev–Trinajstić information content (AvgIpc) is 2.54. The molecule has 0 radical (unpaired) electrons. The van der Waals surface area contributed by atoms with Crippen molar-refractivity contribution in [1.29, 1.82) is 0 Å². The molecule has 0 aliphatic rings. The lowest BCUT2D eigenvalue weighted by atomic mass is 10.1. The fraction of sp³-hybridized carbons (Fsp3) is 0.571. The van der Waals surface area contributed by atoms with Gasteiger partial charge in [-0.2, -0.15) is 0 Å². The highest BCUT2D eigenvalue weighted by atomic mass is 32.1. The molecule has 2 aromatic heterocycles. The van der Waals surface area contributed by atoms with Crippen molar-refractivity contribution in [3.8, 4) is 0 Å². The number of thiophene rings is 1. The molecule has 0 bridgehead atoms. The molecule has 0 saturated heterocycles. The zero-order chi connectivity index (χ0) is 12.7. The first-order chi connectivity index (χ1) is 7.91. The van der Waals surface area contributed by atoms with Gasteiger partial charge in [0, 0.05) is 10.8 Å². The van der Waals surface area contributed by atoms with Crippen LogP contribution in [0.15, 0.2) is 0 Å². The Bertz CT molecular complexity index is 553. The van der Waals surface area contributed by atoms with Crippen LogP contribution in [0.2, 0.25) is 0 Å². The lowest BCUT2D eigenvalue weighted by Crippen LogP contribution is -2.03. The summed E-state index contributed by atoms with van der Waals surface area (Å²) < 4.78 is 1.28. The Morgan fingerprint density at radius 1 is 0.941 bits per heavy atom. The second-order valence-corrected chi connectivity index (χ2v) is 6.46. The molecule has 0 spiro atoms. The van der Waals surface area contributed by atoms with Crippen molar-refractivity contribution >= 4 is 21.6 Å². The van der Waals surface area contributed by atoms with E-state index in [1.54, 1.807) is 0 Å². The fourth-order valence-corrected chi connectivity index (χ4v) is 3.12. The first-order valence-corrected chi connectivity index (χ1v) is 7.01. The maximum atomic E-state index is 4.75. The van der Waals surface area contributed by atoms with Gasteiger partial charge in [-0.1, -0.05) is 27.7 Å². The monoisotopic (exact) mass is 248 g/mol. The topological polar surface area (TPSA) is 25.8 Å². The molecular weight excluding hydrogens is 228 g/mol. The van der Waals surface area contributed by atoms with E-state index in [1.807, 2.05) is 11.3 Å². The van der Waals surface area contributed by atoms with Gasteiger partial charge < -0.3 is 0 Å². The van der Waals surface area contributed by atoms with Gasteiger partial charge in [-0.15, -0.1) is 11.3 Å². The standard InChI is InChI=1S/C14H20N2S/c1-7(2)11-13-12(9(5)10(6)17-13)16-14(15-11)8(3)4/h7-8H,1-6H3. The maximum absolute atomic E-state index is 4.75. The molecule has 0 aliphatic carbocycles. The van der Waals surface area contributed by atoms with E-state index in [9.17, 15) is 0 Å². The number of rotatable bonds is 2. The summed E-state index contributed by atoms with van der Waals surface area (Å²) in [5, 5.41) is 0. The van der Waals surface area contributed by atoms with Gasteiger partial charge in [0.2, 0.25) is 0 Å². The molecule has 0 unspecified atom stereocenters. The Morgan fingerprint density at radius 3 is 2.12 bits per heavy atom. The van der Waals surface area contributed by atoms with E-state index in [2.05, 4.69) is 41.5 Å². The Hall–Kier alpha value is -0.960. The lowest BCUT2D eigenvalue weighted by Gasteiger charge is -2.10.